The molecule has 1 heterocycles. The Labute approximate surface area is 107 Å². The summed E-state index contributed by atoms with van der Waals surface area (Å²) in [5.41, 5.74) is 1.19. The maximum atomic E-state index is 9.19. The third-order valence-corrected chi connectivity index (χ3v) is 2.97. The molecular weight excluding hydrogens is 232 g/mol. The zero-order valence-electron chi connectivity index (χ0n) is 10.4. The maximum Gasteiger partial charge on any atom is 0.119 e. The average Bonchev–Trinajstić information content (AvgIpc) is 2.46. The summed E-state index contributed by atoms with van der Waals surface area (Å²) in [5.74, 6) is 0.710. The number of nitrogens with zero attached hydrogens (tertiary/aromatic N) is 1. The number of rotatable bonds is 5. The molecule has 1 saturated heterocycles. The molecule has 1 unspecified atom stereocenters. The van der Waals surface area contributed by atoms with Crippen LogP contribution in [0.3, 0.4) is 0 Å². The first-order valence-corrected chi connectivity index (χ1v) is 6.27. The Bertz CT molecular complexity index is 350. The van der Waals surface area contributed by atoms with E-state index in [1.54, 1.807) is 0 Å². The molecule has 1 atom stereocenters. The molecule has 3 N–H and O–H groups in total. The van der Waals surface area contributed by atoms with Gasteiger partial charge in [0.05, 0.1) is 6.61 Å². The van der Waals surface area contributed by atoms with Crippen LogP contribution in [0.4, 0.5) is 5.69 Å². The van der Waals surface area contributed by atoms with Gasteiger partial charge in [-0.1, -0.05) is 0 Å². The molecular formula is C13H20N2O3. The fraction of sp³-hybridized carbons (Fsp3) is 0.538. The molecule has 0 radical (unpaired) electrons. The molecule has 1 aromatic carbocycles. The van der Waals surface area contributed by atoms with Crippen molar-refractivity contribution in [1.82, 2.24) is 5.32 Å². The normalized spacial score (nSPS) is 17.6. The van der Waals surface area contributed by atoms with Crippen LogP contribution in [0.15, 0.2) is 24.3 Å². The van der Waals surface area contributed by atoms with Crippen molar-refractivity contribution < 1.29 is 14.9 Å². The van der Waals surface area contributed by atoms with Gasteiger partial charge in [-0.05, 0) is 24.3 Å². The average molecular weight is 252 g/mol. The Hall–Kier alpha value is -1.30. The monoisotopic (exact) mass is 252 g/mol. The molecule has 18 heavy (non-hydrogen) atoms. The van der Waals surface area contributed by atoms with Gasteiger partial charge in [-0.2, -0.15) is 0 Å². The summed E-state index contributed by atoms with van der Waals surface area (Å²) >= 11 is 0. The van der Waals surface area contributed by atoms with Crippen molar-refractivity contribution in [3.05, 3.63) is 24.3 Å². The molecule has 0 spiro atoms. The van der Waals surface area contributed by atoms with Crippen LogP contribution in [0.2, 0.25) is 0 Å². The molecule has 100 valence electrons. The van der Waals surface area contributed by atoms with E-state index >= 15 is 0 Å². The second kappa shape index (κ2) is 6.58. The quantitative estimate of drug-likeness (QED) is 0.679. The number of hydrogen-bond donors (Lipinski definition) is 3. The molecule has 0 saturated carbocycles. The number of piperazine rings is 1. The fourth-order valence-electron chi connectivity index (χ4n) is 1.92. The number of ether oxygens (including phenoxy) is 1. The molecule has 5 heteroatoms. The van der Waals surface area contributed by atoms with E-state index in [-0.39, 0.29) is 13.2 Å². The van der Waals surface area contributed by atoms with Crippen molar-refractivity contribution in [2.75, 3.05) is 44.3 Å². The van der Waals surface area contributed by atoms with E-state index in [0.29, 0.717) is 5.75 Å². The Morgan fingerprint density at radius 1 is 1.22 bits per heavy atom. The van der Waals surface area contributed by atoms with Crippen molar-refractivity contribution in [3.63, 3.8) is 0 Å². The first kappa shape index (κ1) is 13.1. The number of aliphatic hydroxyl groups excluding tert-OH is 2. The van der Waals surface area contributed by atoms with Gasteiger partial charge in [0, 0.05) is 31.9 Å². The van der Waals surface area contributed by atoms with E-state index in [4.69, 9.17) is 9.84 Å². The second-order valence-electron chi connectivity index (χ2n) is 4.38. The maximum absolute atomic E-state index is 9.19. The Morgan fingerprint density at radius 2 is 1.89 bits per heavy atom. The van der Waals surface area contributed by atoms with Crippen LogP contribution in [-0.4, -0.2) is 55.7 Å². The van der Waals surface area contributed by atoms with Gasteiger partial charge in [0.2, 0.25) is 0 Å². The van der Waals surface area contributed by atoms with Crippen LogP contribution in [-0.2, 0) is 0 Å². The number of hydrogen-bond acceptors (Lipinski definition) is 5. The van der Waals surface area contributed by atoms with E-state index in [9.17, 15) is 5.11 Å². The van der Waals surface area contributed by atoms with Crippen LogP contribution in [0.5, 0.6) is 5.75 Å². The van der Waals surface area contributed by atoms with Gasteiger partial charge in [0.15, 0.2) is 0 Å². The lowest BCUT2D eigenvalue weighted by Crippen LogP contribution is -2.43. The van der Waals surface area contributed by atoms with Gasteiger partial charge in [-0.3, -0.25) is 0 Å². The highest BCUT2D eigenvalue weighted by atomic mass is 16.5. The van der Waals surface area contributed by atoms with E-state index in [2.05, 4.69) is 10.2 Å². The Morgan fingerprint density at radius 3 is 2.50 bits per heavy atom. The Balaban J connectivity index is 1.88. The van der Waals surface area contributed by atoms with Crippen LogP contribution in [0, 0.1) is 0 Å². The van der Waals surface area contributed by atoms with E-state index in [0.717, 1.165) is 26.2 Å². The highest BCUT2D eigenvalue weighted by Crippen LogP contribution is 2.19. The minimum atomic E-state index is -0.821. The lowest BCUT2D eigenvalue weighted by atomic mass is 10.2. The lowest BCUT2D eigenvalue weighted by molar-refractivity contribution is 0.0536. The topological polar surface area (TPSA) is 65.0 Å². The number of anilines is 1. The summed E-state index contributed by atoms with van der Waals surface area (Å²) < 4.78 is 5.36. The van der Waals surface area contributed by atoms with Crippen LogP contribution in [0.25, 0.3) is 0 Å². The zero-order chi connectivity index (χ0) is 12.8. The van der Waals surface area contributed by atoms with Crippen LogP contribution < -0.4 is 15.0 Å². The van der Waals surface area contributed by atoms with Gasteiger partial charge in [0.25, 0.3) is 0 Å². The fourth-order valence-corrected chi connectivity index (χ4v) is 1.92. The second-order valence-corrected chi connectivity index (χ2v) is 4.38. The standard InChI is InChI=1S/C13H20N2O3/c16-9-12(17)10-18-13-3-1-11(2-4-13)15-7-5-14-6-8-15/h1-4,12,14,16-17H,5-10H2. The molecule has 1 aliphatic heterocycles. The molecule has 5 nitrogen and oxygen atoms in total. The van der Waals surface area contributed by atoms with Gasteiger partial charge < -0.3 is 25.2 Å². The van der Waals surface area contributed by atoms with Gasteiger partial charge in [-0.25, -0.2) is 0 Å². The van der Waals surface area contributed by atoms with Gasteiger partial charge >= 0.3 is 0 Å². The first-order valence-electron chi connectivity index (χ1n) is 6.27. The summed E-state index contributed by atoms with van der Waals surface area (Å²) in [7, 11) is 0. The van der Waals surface area contributed by atoms with Gasteiger partial charge in [0.1, 0.15) is 18.5 Å². The number of aliphatic hydroxyl groups is 2. The third kappa shape index (κ3) is 3.60. The molecule has 0 amide bonds. The van der Waals surface area contributed by atoms with Crippen molar-refractivity contribution in [2.45, 2.75) is 6.10 Å². The SMILES string of the molecule is OCC(O)COc1ccc(N2CCNCC2)cc1. The van der Waals surface area contributed by atoms with E-state index in [1.807, 2.05) is 24.3 Å². The van der Waals surface area contributed by atoms with Gasteiger partial charge in [-0.15, -0.1) is 0 Å². The molecule has 1 fully saturated rings. The Kier molecular flexibility index (Phi) is 4.81. The van der Waals surface area contributed by atoms with Crippen molar-refractivity contribution >= 4 is 5.69 Å². The predicted octanol–water partition coefficient (Wildman–Crippen LogP) is -0.172. The van der Waals surface area contributed by atoms with E-state index in [1.165, 1.54) is 5.69 Å². The zero-order valence-corrected chi connectivity index (χ0v) is 10.4. The highest BCUT2D eigenvalue weighted by molar-refractivity contribution is 5.49. The minimum Gasteiger partial charge on any atom is -0.491 e. The minimum absolute atomic E-state index is 0.115. The first-order chi connectivity index (χ1) is 8.79. The molecule has 2 rings (SSSR count). The summed E-state index contributed by atoms with van der Waals surface area (Å²) in [6.07, 6.45) is -0.821. The summed E-state index contributed by atoms with van der Waals surface area (Å²) in [6.45, 7) is 3.90. The van der Waals surface area contributed by atoms with E-state index < -0.39 is 6.10 Å². The molecule has 1 aliphatic rings. The van der Waals surface area contributed by atoms with Crippen molar-refractivity contribution in [1.29, 1.82) is 0 Å². The summed E-state index contributed by atoms with van der Waals surface area (Å²) in [6, 6.07) is 7.82. The van der Waals surface area contributed by atoms with Crippen molar-refractivity contribution in [3.8, 4) is 5.75 Å². The van der Waals surface area contributed by atoms with Crippen LogP contribution >= 0.6 is 0 Å². The lowest BCUT2D eigenvalue weighted by Gasteiger charge is -2.29. The molecule has 0 aromatic heterocycles. The summed E-state index contributed by atoms with van der Waals surface area (Å²) in [5, 5.41) is 21.2. The third-order valence-electron chi connectivity index (χ3n) is 2.97. The molecule has 0 aliphatic carbocycles. The summed E-state index contributed by atoms with van der Waals surface area (Å²) in [4.78, 5) is 2.32. The number of benzene rings is 1. The van der Waals surface area contributed by atoms with Crippen LogP contribution in [0.1, 0.15) is 0 Å². The highest BCUT2D eigenvalue weighted by Gasteiger charge is 2.10. The molecule has 1 aromatic rings. The predicted molar refractivity (Wildman–Crippen MR) is 70.1 cm³/mol. The molecule has 0 bridgehead atoms. The smallest absolute Gasteiger partial charge is 0.119 e. The largest absolute Gasteiger partial charge is 0.491 e. The number of nitrogens with one attached hydrogen (secondary N) is 1. The van der Waals surface area contributed by atoms with Crippen molar-refractivity contribution in [2.24, 2.45) is 0 Å².